The van der Waals surface area contributed by atoms with Crippen LogP contribution in [0.25, 0.3) is 5.70 Å². The molecule has 0 saturated heterocycles. The Morgan fingerprint density at radius 3 is 2.72 bits per heavy atom. The number of halogens is 1. The molecule has 3 amide bonds. The Labute approximate surface area is 167 Å². The number of nitrogens with two attached hydrogens (primary N) is 2. The van der Waals surface area contributed by atoms with Crippen LogP contribution in [0, 0.1) is 5.82 Å². The summed E-state index contributed by atoms with van der Waals surface area (Å²) in [6.07, 6.45) is 4.06. The minimum atomic E-state index is -0.431. The molecule has 2 heterocycles. The zero-order valence-electron chi connectivity index (χ0n) is 15.9. The number of hydrogen-bond acceptors (Lipinski definition) is 6. The fourth-order valence-electron chi connectivity index (χ4n) is 3.31. The number of carbonyl (C=O) groups is 3. The van der Waals surface area contributed by atoms with Crippen molar-refractivity contribution in [3.05, 3.63) is 64.9 Å². The average Bonchev–Trinajstić information content (AvgIpc) is 2.91. The van der Waals surface area contributed by atoms with E-state index < -0.39 is 17.6 Å². The second-order valence-electron chi connectivity index (χ2n) is 6.82. The highest BCUT2D eigenvalue weighted by atomic mass is 19.1. The molecule has 1 aromatic carbocycles. The number of nitrogens with zero attached hydrogens (tertiary/aromatic N) is 2. The first kappa shape index (κ1) is 20.1. The molecule has 0 spiro atoms. The number of likely N-dealkylation sites (N-methyl/N-ethyl adjacent to an activating group) is 1. The van der Waals surface area contributed by atoms with Crippen LogP contribution in [0.15, 0.2) is 53.5 Å². The standard InChI is InChI=1S/C20H22FN5O3/c1-25-19(28)14-6-3-9-26(18(14)20(25)29)11-17(27)24-16(23)8-7-15(22)12-4-2-5-13(21)10-12/h2,4-5,7-8,10H,3,6,9,11,22-23H2,1H3,(H,24,27)/b15-7-,16-8+. The summed E-state index contributed by atoms with van der Waals surface area (Å²) in [4.78, 5) is 39.4. The highest BCUT2D eigenvalue weighted by Crippen LogP contribution is 2.30. The van der Waals surface area contributed by atoms with Crippen molar-refractivity contribution < 1.29 is 18.8 Å². The Kier molecular flexibility index (Phi) is 5.67. The van der Waals surface area contributed by atoms with Crippen LogP contribution in [0.1, 0.15) is 18.4 Å². The van der Waals surface area contributed by atoms with E-state index in [-0.39, 0.29) is 29.7 Å². The molecule has 0 atom stereocenters. The number of benzene rings is 1. The van der Waals surface area contributed by atoms with Crippen molar-refractivity contribution in [1.29, 1.82) is 0 Å². The topological polar surface area (TPSA) is 122 Å². The van der Waals surface area contributed by atoms with Gasteiger partial charge in [-0.25, -0.2) is 4.39 Å². The fraction of sp³-hybridized carbons (Fsp3) is 0.250. The quantitative estimate of drug-likeness (QED) is 0.486. The lowest BCUT2D eigenvalue weighted by Crippen LogP contribution is -2.41. The van der Waals surface area contributed by atoms with Crippen molar-refractivity contribution in [3.8, 4) is 0 Å². The molecule has 2 aliphatic rings. The molecule has 0 aromatic heterocycles. The van der Waals surface area contributed by atoms with Gasteiger partial charge in [0, 0.05) is 30.4 Å². The number of carbonyl (C=O) groups excluding carboxylic acids is 3. The highest BCUT2D eigenvalue weighted by Gasteiger charge is 2.40. The summed E-state index contributed by atoms with van der Waals surface area (Å²) in [7, 11) is 1.43. The Balaban J connectivity index is 1.64. The first-order chi connectivity index (χ1) is 13.8. The lowest BCUT2D eigenvalue weighted by Gasteiger charge is -2.28. The van der Waals surface area contributed by atoms with E-state index in [2.05, 4.69) is 5.32 Å². The van der Waals surface area contributed by atoms with Gasteiger partial charge in [-0.2, -0.15) is 0 Å². The Hall–Kier alpha value is -3.62. The molecule has 0 radical (unpaired) electrons. The molecule has 2 aliphatic heterocycles. The summed E-state index contributed by atoms with van der Waals surface area (Å²) in [6, 6.07) is 5.78. The summed E-state index contributed by atoms with van der Waals surface area (Å²) >= 11 is 0. The molecule has 9 heteroatoms. The largest absolute Gasteiger partial charge is 0.398 e. The maximum atomic E-state index is 13.3. The molecule has 0 bridgehead atoms. The van der Waals surface area contributed by atoms with E-state index in [1.165, 1.54) is 37.4 Å². The Bertz CT molecular complexity index is 967. The second kappa shape index (κ2) is 8.17. The van der Waals surface area contributed by atoms with Crippen molar-refractivity contribution >= 4 is 23.4 Å². The first-order valence-electron chi connectivity index (χ1n) is 9.07. The van der Waals surface area contributed by atoms with Gasteiger partial charge in [0.05, 0.1) is 6.54 Å². The molecule has 1 aromatic rings. The molecule has 3 rings (SSSR count). The third kappa shape index (κ3) is 4.29. The third-order valence-corrected chi connectivity index (χ3v) is 4.75. The first-order valence-corrected chi connectivity index (χ1v) is 9.07. The normalized spacial score (nSPS) is 17.7. The zero-order valence-corrected chi connectivity index (χ0v) is 15.9. The van der Waals surface area contributed by atoms with Crippen LogP contribution in [-0.4, -0.2) is 47.7 Å². The number of hydrogen-bond donors (Lipinski definition) is 3. The maximum absolute atomic E-state index is 13.3. The van der Waals surface area contributed by atoms with Gasteiger partial charge in [0.15, 0.2) is 0 Å². The van der Waals surface area contributed by atoms with E-state index in [4.69, 9.17) is 11.5 Å². The van der Waals surface area contributed by atoms with Gasteiger partial charge in [-0.1, -0.05) is 12.1 Å². The van der Waals surface area contributed by atoms with Gasteiger partial charge in [-0.3, -0.25) is 19.3 Å². The SMILES string of the molecule is CN1C(=O)C2=C(C1=O)N(CC(=O)N/C(N)=C/C=C(\N)c1cccc(F)c1)CCC2. The Morgan fingerprint density at radius 1 is 1.24 bits per heavy atom. The number of allylic oxidation sites excluding steroid dienone is 2. The van der Waals surface area contributed by atoms with Crippen LogP contribution < -0.4 is 16.8 Å². The van der Waals surface area contributed by atoms with E-state index in [0.29, 0.717) is 30.5 Å². The van der Waals surface area contributed by atoms with Crippen LogP contribution in [0.2, 0.25) is 0 Å². The lowest BCUT2D eigenvalue weighted by atomic mass is 10.0. The van der Waals surface area contributed by atoms with Gasteiger partial charge in [0.1, 0.15) is 17.3 Å². The monoisotopic (exact) mass is 399 g/mol. The average molecular weight is 399 g/mol. The number of amides is 3. The van der Waals surface area contributed by atoms with Gasteiger partial charge in [0.25, 0.3) is 11.8 Å². The predicted octanol–water partition coefficient (Wildman–Crippen LogP) is 0.390. The van der Waals surface area contributed by atoms with Gasteiger partial charge in [0.2, 0.25) is 5.91 Å². The molecule has 8 nitrogen and oxygen atoms in total. The smallest absolute Gasteiger partial charge is 0.277 e. The van der Waals surface area contributed by atoms with Crippen molar-refractivity contribution in [1.82, 2.24) is 15.1 Å². The van der Waals surface area contributed by atoms with Gasteiger partial charge in [-0.15, -0.1) is 0 Å². The minimum absolute atomic E-state index is 0.0477. The van der Waals surface area contributed by atoms with Gasteiger partial charge in [-0.05, 0) is 37.1 Å². The van der Waals surface area contributed by atoms with E-state index in [9.17, 15) is 18.8 Å². The number of rotatable bonds is 5. The van der Waals surface area contributed by atoms with E-state index in [1.807, 2.05) is 0 Å². The highest BCUT2D eigenvalue weighted by molar-refractivity contribution is 6.19. The summed E-state index contributed by atoms with van der Waals surface area (Å²) < 4.78 is 13.3. The van der Waals surface area contributed by atoms with Crippen molar-refractivity contribution in [2.24, 2.45) is 11.5 Å². The van der Waals surface area contributed by atoms with Crippen molar-refractivity contribution in [2.75, 3.05) is 20.1 Å². The second-order valence-corrected chi connectivity index (χ2v) is 6.82. The summed E-state index contributed by atoms with van der Waals surface area (Å²) in [6.45, 7) is 0.387. The molecule has 152 valence electrons. The van der Waals surface area contributed by atoms with Gasteiger partial charge < -0.3 is 21.7 Å². The van der Waals surface area contributed by atoms with E-state index in [1.54, 1.807) is 11.0 Å². The Morgan fingerprint density at radius 2 is 2.00 bits per heavy atom. The van der Waals surface area contributed by atoms with E-state index in [0.717, 1.165) is 4.90 Å². The number of nitrogens with one attached hydrogen (secondary N) is 1. The van der Waals surface area contributed by atoms with Crippen LogP contribution in [0.3, 0.4) is 0 Å². The maximum Gasteiger partial charge on any atom is 0.277 e. The third-order valence-electron chi connectivity index (χ3n) is 4.75. The minimum Gasteiger partial charge on any atom is -0.398 e. The molecule has 0 aliphatic carbocycles. The van der Waals surface area contributed by atoms with Crippen LogP contribution >= 0.6 is 0 Å². The molecule has 29 heavy (non-hydrogen) atoms. The van der Waals surface area contributed by atoms with Crippen LogP contribution in [0.5, 0.6) is 0 Å². The summed E-state index contributed by atoms with van der Waals surface area (Å²) in [5.74, 6) is -1.50. The lowest BCUT2D eigenvalue weighted by molar-refractivity contribution is -0.136. The van der Waals surface area contributed by atoms with Gasteiger partial charge >= 0.3 is 0 Å². The zero-order chi connectivity index (χ0) is 21.1. The number of imide groups is 1. The summed E-state index contributed by atoms with van der Waals surface area (Å²) in [5, 5.41) is 2.51. The van der Waals surface area contributed by atoms with Crippen molar-refractivity contribution in [2.45, 2.75) is 12.8 Å². The van der Waals surface area contributed by atoms with Crippen LogP contribution in [-0.2, 0) is 14.4 Å². The molecular weight excluding hydrogens is 377 g/mol. The molecule has 0 unspecified atom stereocenters. The predicted molar refractivity (Wildman–Crippen MR) is 105 cm³/mol. The fourth-order valence-corrected chi connectivity index (χ4v) is 3.31. The summed E-state index contributed by atoms with van der Waals surface area (Å²) in [5.41, 5.74) is 13.2. The molecule has 0 fully saturated rings. The van der Waals surface area contributed by atoms with Crippen molar-refractivity contribution in [3.63, 3.8) is 0 Å². The van der Waals surface area contributed by atoms with E-state index >= 15 is 0 Å². The van der Waals surface area contributed by atoms with Crippen LogP contribution in [0.4, 0.5) is 4.39 Å². The molecular formula is C20H22FN5O3. The molecule has 0 saturated carbocycles. The molecule has 5 N–H and O–H groups in total.